The van der Waals surface area contributed by atoms with Crippen LogP contribution in [0.25, 0.3) is 5.65 Å². The fourth-order valence-corrected chi connectivity index (χ4v) is 6.98. The quantitative estimate of drug-likeness (QED) is 0.244. The molecule has 1 fully saturated rings. The lowest BCUT2D eigenvalue weighted by molar-refractivity contribution is -0.263. The van der Waals surface area contributed by atoms with Gasteiger partial charge in [0.2, 0.25) is 0 Å². The molecule has 8 rings (SSSR count). The first-order valence-electron chi connectivity index (χ1n) is 14.3. The zero-order chi connectivity index (χ0) is 29.5. The molecule has 1 atom stereocenters. The van der Waals surface area contributed by atoms with Crippen molar-refractivity contribution in [2.24, 2.45) is 4.99 Å². The van der Waals surface area contributed by atoms with E-state index in [-0.39, 0.29) is 18.8 Å². The molecule has 43 heavy (non-hydrogen) atoms. The molecule has 4 heterocycles. The van der Waals surface area contributed by atoms with E-state index in [4.69, 9.17) is 4.99 Å². The summed E-state index contributed by atoms with van der Waals surface area (Å²) in [5, 5.41) is 25.5. The van der Waals surface area contributed by atoms with Crippen molar-refractivity contribution in [2.75, 3.05) is 0 Å². The lowest BCUT2D eigenvalue weighted by atomic mass is 9.66. The number of nitrogens with zero attached hydrogens (tertiary/aromatic N) is 5. The summed E-state index contributed by atoms with van der Waals surface area (Å²) in [5.41, 5.74) is 5.60. The number of aryl methyl sites for hydroxylation is 1. The fraction of sp³-hybridized carbons (Fsp3) is 0.206. The molecule has 1 aliphatic carbocycles. The van der Waals surface area contributed by atoms with Crippen LogP contribution in [0, 0.1) is 6.92 Å². The summed E-state index contributed by atoms with van der Waals surface area (Å²) in [6.45, 7) is 1.93. The van der Waals surface area contributed by atoms with Crippen molar-refractivity contribution in [2.45, 2.75) is 43.4 Å². The number of benzene rings is 3. The van der Waals surface area contributed by atoms with E-state index in [2.05, 4.69) is 22.2 Å². The summed E-state index contributed by atoms with van der Waals surface area (Å²) >= 11 is 0. The van der Waals surface area contributed by atoms with Gasteiger partial charge in [-0.1, -0.05) is 66.7 Å². The average molecular weight is 570 g/mol. The van der Waals surface area contributed by atoms with Crippen molar-refractivity contribution in [1.29, 1.82) is 0 Å². The minimum absolute atomic E-state index is 0.0353. The number of hydrogen-bond acceptors (Lipinski definition) is 7. The van der Waals surface area contributed by atoms with Gasteiger partial charge in [-0.05, 0) is 42.2 Å². The van der Waals surface area contributed by atoms with Gasteiger partial charge in [-0.2, -0.15) is 9.61 Å². The number of rotatable bonds is 4. The van der Waals surface area contributed by atoms with Crippen molar-refractivity contribution in [1.82, 2.24) is 19.5 Å². The lowest BCUT2D eigenvalue weighted by Gasteiger charge is -2.54. The Hall–Kier alpha value is -4.99. The normalized spacial score (nSPS) is 20.0. The van der Waals surface area contributed by atoms with E-state index in [0.717, 1.165) is 39.6 Å². The van der Waals surface area contributed by atoms with Crippen LogP contribution in [0.2, 0.25) is 0 Å². The average Bonchev–Trinajstić information content (AvgIpc) is 3.52. The SMILES string of the molecule is Cc1cc2ncc3c(n2n1)N=C(c1ccc(C2(N4C(=O)c5ccccc5C4=O)CC(O)(O)C2)cc1)C(c1ccccc1)C3. The summed E-state index contributed by atoms with van der Waals surface area (Å²) in [4.78, 5) is 37.9. The summed E-state index contributed by atoms with van der Waals surface area (Å²) in [6.07, 6.45) is 2.23. The zero-order valence-corrected chi connectivity index (χ0v) is 23.3. The first-order valence-corrected chi connectivity index (χ1v) is 14.3. The maximum absolute atomic E-state index is 13.5. The summed E-state index contributed by atoms with van der Waals surface area (Å²) < 4.78 is 1.79. The molecule has 9 heteroatoms. The van der Waals surface area contributed by atoms with Crippen LogP contribution in [0.1, 0.15) is 67.4 Å². The zero-order valence-electron chi connectivity index (χ0n) is 23.3. The largest absolute Gasteiger partial charge is 0.365 e. The van der Waals surface area contributed by atoms with Crippen LogP contribution in [0.4, 0.5) is 5.82 Å². The molecule has 0 radical (unpaired) electrons. The number of hydrogen-bond donors (Lipinski definition) is 2. The van der Waals surface area contributed by atoms with Crippen LogP contribution >= 0.6 is 0 Å². The number of imide groups is 1. The number of fused-ring (bicyclic) bond motifs is 4. The van der Waals surface area contributed by atoms with E-state index in [9.17, 15) is 19.8 Å². The van der Waals surface area contributed by atoms with Crippen molar-refractivity contribution >= 4 is 29.0 Å². The van der Waals surface area contributed by atoms with Crippen molar-refractivity contribution in [3.8, 4) is 0 Å². The Kier molecular flexibility index (Phi) is 5.38. The van der Waals surface area contributed by atoms with Gasteiger partial charge in [0.15, 0.2) is 17.3 Å². The maximum atomic E-state index is 13.5. The van der Waals surface area contributed by atoms with E-state index < -0.39 is 23.1 Å². The maximum Gasteiger partial charge on any atom is 0.262 e. The molecule has 212 valence electrons. The van der Waals surface area contributed by atoms with Crippen LogP contribution in [0.15, 0.2) is 96.1 Å². The highest BCUT2D eigenvalue weighted by Crippen LogP contribution is 2.53. The predicted molar refractivity (Wildman–Crippen MR) is 158 cm³/mol. The van der Waals surface area contributed by atoms with Gasteiger partial charge in [0, 0.05) is 36.6 Å². The number of carbonyl (C=O) groups is 2. The molecule has 2 amide bonds. The van der Waals surface area contributed by atoms with Crippen molar-refractivity contribution in [3.63, 3.8) is 0 Å². The van der Waals surface area contributed by atoms with Gasteiger partial charge in [0.1, 0.15) is 0 Å². The van der Waals surface area contributed by atoms with Gasteiger partial charge < -0.3 is 10.2 Å². The van der Waals surface area contributed by atoms with E-state index in [1.54, 1.807) is 28.8 Å². The molecule has 9 nitrogen and oxygen atoms in total. The molecule has 1 unspecified atom stereocenters. The number of amides is 2. The lowest BCUT2D eigenvalue weighted by Crippen LogP contribution is -2.64. The number of aliphatic hydroxyl groups is 2. The van der Waals surface area contributed by atoms with Gasteiger partial charge >= 0.3 is 0 Å². The second kappa shape index (κ2) is 9.00. The molecule has 3 aromatic carbocycles. The second-order valence-corrected chi connectivity index (χ2v) is 11.8. The standard InChI is InChI=1S/C34H27N5O4/c1-20-15-28-35-17-23-16-27(21-7-3-2-4-8-21)29(36-30(23)39(28)37-20)22-11-13-24(14-12-22)33(18-34(42,43)19-33)38-31(40)25-9-5-6-10-26(25)32(38)41/h2-15,17,27,42-43H,16,18-19H2,1H3. The Morgan fingerprint density at radius 1 is 0.860 bits per heavy atom. The van der Waals surface area contributed by atoms with Gasteiger partial charge in [-0.25, -0.2) is 9.98 Å². The molecule has 0 saturated heterocycles. The Morgan fingerprint density at radius 2 is 1.51 bits per heavy atom. The highest BCUT2D eigenvalue weighted by molar-refractivity contribution is 6.22. The van der Waals surface area contributed by atoms with E-state index in [0.29, 0.717) is 23.1 Å². The highest BCUT2D eigenvalue weighted by Gasteiger charge is 2.62. The number of aromatic nitrogens is 3. The first kappa shape index (κ1) is 25.7. The van der Waals surface area contributed by atoms with Crippen LogP contribution in [0.5, 0.6) is 0 Å². The van der Waals surface area contributed by atoms with Gasteiger partial charge in [0.25, 0.3) is 11.8 Å². The highest BCUT2D eigenvalue weighted by atomic mass is 16.5. The third-order valence-electron chi connectivity index (χ3n) is 8.93. The molecular weight excluding hydrogens is 542 g/mol. The van der Waals surface area contributed by atoms with Crippen LogP contribution in [-0.2, 0) is 12.0 Å². The van der Waals surface area contributed by atoms with Gasteiger partial charge in [-0.3, -0.25) is 14.5 Å². The molecule has 2 aliphatic heterocycles. The topological polar surface area (TPSA) is 120 Å². The van der Waals surface area contributed by atoms with Gasteiger partial charge in [0.05, 0.1) is 28.1 Å². The molecule has 3 aliphatic rings. The van der Waals surface area contributed by atoms with Crippen LogP contribution < -0.4 is 0 Å². The predicted octanol–water partition coefficient (Wildman–Crippen LogP) is 4.46. The number of aliphatic imine (C=N–C) groups is 1. The minimum Gasteiger partial charge on any atom is -0.365 e. The molecule has 1 saturated carbocycles. The molecule has 0 bridgehead atoms. The number of carbonyl (C=O) groups excluding carboxylic acids is 2. The first-order chi connectivity index (χ1) is 20.7. The second-order valence-electron chi connectivity index (χ2n) is 11.8. The Balaban J connectivity index is 1.23. The third kappa shape index (κ3) is 3.82. The molecule has 5 aromatic rings. The minimum atomic E-state index is -1.98. The van der Waals surface area contributed by atoms with Crippen molar-refractivity contribution < 1.29 is 19.8 Å². The Labute approximate surface area is 246 Å². The van der Waals surface area contributed by atoms with Crippen LogP contribution in [-0.4, -0.2) is 53.0 Å². The monoisotopic (exact) mass is 569 g/mol. The Morgan fingerprint density at radius 3 is 2.16 bits per heavy atom. The fourth-order valence-electron chi connectivity index (χ4n) is 6.98. The van der Waals surface area contributed by atoms with E-state index in [1.165, 1.54) is 4.90 Å². The molecule has 2 N–H and O–H groups in total. The van der Waals surface area contributed by atoms with Crippen molar-refractivity contribution in [3.05, 3.63) is 130 Å². The molecule has 2 aromatic heterocycles. The molecular formula is C34H27N5O4. The summed E-state index contributed by atoms with van der Waals surface area (Å²) in [6, 6.07) is 26.5. The van der Waals surface area contributed by atoms with E-state index in [1.807, 2.05) is 61.7 Å². The van der Waals surface area contributed by atoms with Crippen LogP contribution in [0.3, 0.4) is 0 Å². The van der Waals surface area contributed by atoms with Gasteiger partial charge in [-0.15, -0.1) is 0 Å². The third-order valence-corrected chi connectivity index (χ3v) is 8.93. The molecule has 0 spiro atoms. The summed E-state index contributed by atoms with van der Waals surface area (Å²) in [5.74, 6) is -2.12. The summed E-state index contributed by atoms with van der Waals surface area (Å²) in [7, 11) is 0. The van der Waals surface area contributed by atoms with E-state index >= 15 is 0 Å². The smallest absolute Gasteiger partial charge is 0.262 e. The Bertz CT molecular complexity index is 1950.